The lowest BCUT2D eigenvalue weighted by atomic mass is 9.98. The Labute approximate surface area is 119 Å². The van der Waals surface area contributed by atoms with Crippen molar-refractivity contribution < 1.29 is 4.79 Å². The predicted molar refractivity (Wildman–Crippen MR) is 76.7 cm³/mol. The number of rotatable bonds is 4. The van der Waals surface area contributed by atoms with Crippen LogP contribution in [0.5, 0.6) is 0 Å². The average molecular weight is 274 g/mol. The fourth-order valence-electron chi connectivity index (χ4n) is 2.63. The zero-order valence-electron chi connectivity index (χ0n) is 12.0. The zero-order chi connectivity index (χ0) is 13.9. The lowest BCUT2D eigenvalue weighted by Gasteiger charge is -2.21. The number of amides is 1. The SMILES string of the molecule is Cc1nc([C@@H]2CCCNC2)ncc1C(=O)NCC1CC1. The summed E-state index contributed by atoms with van der Waals surface area (Å²) in [5, 5.41) is 6.34. The fraction of sp³-hybridized carbons (Fsp3) is 0.667. The maximum atomic E-state index is 12.1. The summed E-state index contributed by atoms with van der Waals surface area (Å²) in [6.45, 7) is 4.70. The van der Waals surface area contributed by atoms with Crippen molar-refractivity contribution in [2.75, 3.05) is 19.6 Å². The van der Waals surface area contributed by atoms with Crippen LogP contribution in [0.4, 0.5) is 0 Å². The van der Waals surface area contributed by atoms with Crippen molar-refractivity contribution in [2.45, 2.75) is 38.5 Å². The van der Waals surface area contributed by atoms with Crippen LogP contribution in [0.2, 0.25) is 0 Å². The van der Waals surface area contributed by atoms with Gasteiger partial charge in [-0.15, -0.1) is 0 Å². The van der Waals surface area contributed by atoms with E-state index >= 15 is 0 Å². The third kappa shape index (κ3) is 3.15. The van der Waals surface area contributed by atoms with Crippen molar-refractivity contribution in [1.82, 2.24) is 20.6 Å². The maximum Gasteiger partial charge on any atom is 0.254 e. The summed E-state index contributed by atoms with van der Waals surface area (Å²) in [4.78, 5) is 21.0. The summed E-state index contributed by atoms with van der Waals surface area (Å²) in [5.74, 6) is 1.90. The van der Waals surface area contributed by atoms with Gasteiger partial charge < -0.3 is 10.6 Å². The minimum absolute atomic E-state index is 0.0391. The van der Waals surface area contributed by atoms with E-state index in [2.05, 4.69) is 20.6 Å². The van der Waals surface area contributed by atoms with Gasteiger partial charge in [-0.25, -0.2) is 9.97 Å². The summed E-state index contributed by atoms with van der Waals surface area (Å²) in [6, 6.07) is 0. The topological polar surface area (TPSA) is 66.9 Å². The van der Waals surface area contributed by atoms with Gasteiger partial charge in [-0.2, -0.15) is 0 Å². The van der Waals surface area contributed by atoms with Crippen LogP contribution in [0.25, 0.3) is 0 Å². The number of hydrogen-bond acceptors (Lipinski definition) is 4. The molecule has 0 bridgehead atoms. The molecule has 1 aromatic heterocycles. The fourth-order valence-corrected chi connectivity index (χ4v) is 2.63. The van der Waals surface area contributed by atoms with E-state index in [9.17, 15) is 4.79 Å². The Morgan fingerprint density at radius 3 is 2.95 bits per heavy atom. The van der Waals surface area contributed by atoms with Gasteiger partial charge in [-0.1, -0.05) is 0 Å². The highest BCUT2D eigenvalue weighted by Gasteiger charge is 2.23. The number of piperidine rings is 1. The van der Waals surface area contributed by atoms with Crippen LogP contribution < -0.4 is 10.6 Å². The van der Waals surface area contributed by atoms with Gasteiger partial charge in [0.1, 0.15) is 5.82 Å². The van der Waals surface area contributed by atoms with Gasteiger partial charge in [-0.3, -0.25) is 4.79 Å². The van der Waals surface area contributed by atoms with Crippen molar-refractivity contribution in [2.24, 2.45) is 5.92 Å². The quantitative estimate of drug-likeness (QED) is 0.871. The lowest BCUT2D eigenvalue weighted by Crippen LogP contribution is -2.30. The van der Waals surface area contributed by atoms with E-state index in [1.165, 1.54) is 12.8 Å². The number of carbonyl (C=O) groups excluding carboxylic acids is 1. The third-order valence-electron chi connectivity index (χ3n) is 4.15. The first-order chi connectivity index (χ1) is 9.74. The van der Waals surface area contributed by atoms with Crippen LogP contribution in [-0.2, 0) is 0 Å². The Bertz CT molecular complexity index is 493. The smallest absolute Gasteiger partial charge is 0.254 e. The molecule has 2 heterocycles. The summed E-state index contributed by atoms with van der Waals surface area (Å²) >= 11 is 0. The van der Waals surface area contributed by atoms with Crippen LogP contribution in [0.3, 0.4) is 0 Å². The van der Waals surface area contributed by atoms with Crippen molar-refractivity contribution in [3.05, 3.63) is 23.3 Å². The van der Waals surface area contributed by atoms with Crippen molar-refractivity contribution >= 4 is 5.91 Å². The molecule has 2 aliphatic rings. The van der Waals surface area contributed by atoms with Gasteiger partial charge in [0.2, 0.25) is 0 Å². The normalized spacial score (nSPS) is 22.6. The molecule has 0 spiro atoms. The summed E-state index contributed by atoms with van der Waals surface area (Å²) in [5.41, 5.74) is 1.40. The Morgan fingerprint density at radius 1 is 1.45 bits per heavy atom. The molecule has 1 aliphatic heterocycles. The molecule has 1 saturated carbocycles. The largest absolute Gasteiger partial charge is 0.352 e. The van der Waals surface area contributed by atoms with Crippen LogP contribution in [-0.4, -0.2) is 35.5 Å². The van der Waals surface area contributed by atoms with E-state index in [1.807, 2.05) is 6.92 Å². The maximum absolute atomic E-state index is 12.1. The molecule has 20 heavy (non-hydrogen) atoms. The van der Waals surface area contributed by atoms with Crippen LogP contribution in [0, 0.1) is 12.8 Å². The van der Waals surface area contributed by atoms with E-state index in [0.29, 0.717) is 17.4 Å². The molecule has 1 aromatic rings. The number of hydrogen-bond donors (Lipinski definition) is 2. The molecule has 108 valence electrons. The lowest BCUT2D eigenvalue weighted by molar-refractivity contribution is 0.0950. The second kappa shape index (κ2) is 5.87. The highest BCUT2D eigenvalue weighted by molar-refractivity contribution is 5.94. The highest BCUT2D eigenvalue weighted by atomic mass is 16.1. The minimum atomic E-state index is -0.0391. The Balaban J connectivity index is 1.67. The van der Waals surface area contributed by atoms with E-state index < -0.39 is 0 Å². The molecular formula is C15H22N4O. The first kappa shape index (κ1) is 13.5. The number of nitrogens with zero attached hydrogens (tertiary/aromatic N) is 2. The van der Waals surface area contributed by atoms with Crippen molar-refractivity contribution in [3.8, 4) is 0 Å². The monoisotopic (exact) mass is 274 g/mol. The average Bonchev–Trinajstić information content (AvgIpc) is 3.30. The van der Waals surface area contributed by atoms with Gasteiger partial charge in [0.15, 0.2) is 0 Å². The molecule has 1 amide bonds. The van der Waals surface area contributed by atoms with Gasteiger partial charge in [0.25, 0.3) is 5.91 Å². The van der Waals surface area contributed by atoms with E-state index in [-0.39, 0.29) is 5.91 Å². The molecule has 0 radical (unpaired) electrons. The molecule has 0 unspecified atom stereocenters. The molecule has 0 aromatic carbocycles. The van der Waals surface area contributed by atoms with Crippen LogP contribution >= 0.6 is 0 Å². The standard InChI is InChI=1S/C15H22N4O/c1-10-13(15(20)18-7-11-4-5-11)9-17-14(19-10)12-3-2-6-16-8-12/h9,11-12,16H,2-8H2,1H3,(H,18,20)/t12-/m1/s1. The molecule has 5 heteroatoms. The Kier molecular flexibility index (Phi) is 3.96. The summed E-state index contributed by atoms with van der Waals surface area (Å²) < 4.78 is 0. The number of aromatic nitrogens is 2. The second-order valence-electron chi connectivity index (χ2n) is 5.92. The third-order valence-corrected chi connectivity index (χ3v) is 4.15. The van der Waals surface area contributed by atoms with Crippen LogP contribution in [0.1, 0.15) is 53.5 Å². The molecule has 1 atom stereocenters. The molecule has 2 N–H and O–H groups in total. The van der Waals surface area contributed by atoms with E-state index in [1.54, 1.807) is 6.20 Å². The van der Waals surface area contributed by atoms with Crippen LogP contribution in [0.15, 0.2) is 6.20 Å². The molecule has 1 saturated heterocycles. The number of carbonyl (C=O) groups is 1. The second-order valence-corrected chi connectivity index (χ2v) is 5.92. The van der Waals surface area contributed by atoms with Gasteiger partial charge >= 0.3 is 0 Å². The summed E-state index contributed by atoms with van der Waals surface area (Å²) in [6.07, 6.45) is 6.46. The van der Waals surface area contributed by atoms with Gasteiger partial charge in [-0.05, 0) is 45.1 Å². The number of nitrogens with one attached hydrogen (secondary N) is 2. The minimum Gasteiger partial charge on any atom is -0.352 e. The molecule has 5 nitrogen and oxygen atoms in total. The molecule has 1 aliphatic carbocycles. The summed E-state index contributed by atoms with van der Waals surface area (Å²) in [7, 11) is 0. The molecular weight excluding hydrogens is 252 g/mol. The van der Waals surface area contributed by atoms with Gasteiger partial charge in [0, 0.05) is 25.2 Å². The first-order valence-electron chi connectivity index (χ1n) is 7.56. The Hall–Kier alpha value is -1.49. The zero-order valence-corrected chi connectivity index (χ0v) is 12.0. The van der Waals surface area contributed by atoms with E-state index in [0.717, 1.165) is 44.0 Å². The molecule has 2 fully saturated rings. The van der Waals surface area contributed by atoms with Crippen molar-refractivity contribution in [3.63, 3.8) is 0 Å². The molecule has 3 rings (SSSR count). The van der Waals surface area contributed by atoms with Gasteiger partial charge in [0.05, 0.1) is 11.3 Å². The Morgan fingerprint density at radius 2 is 2.30 bits per heavy atom. The highest BCUT2D eigenvalue weighted by Crippen LogP contribution is 2.27. The first-order valence-corrected chi connectivity index (χ1v) is 7.56. The number of aryl methyl sites for hydroxylation is 1. The van der Waals surface area contributed by atoms with Crippen molar-refractivity contribution in [1.29, 1.82) is 0 Å². The van der Waals surface area contributed by atoms with E-state index in [4.69, 9.17) is 0 Å². The predicted octanol–water partition coefficient (Wildman–Crippen LogP) is 1.39.